The van der Waals surface area contributed by atoms with Crippen molar-refractivity contribution in [3.05, 3.63) is 0 Å². The maximum absolute atomic E-state index is 12.2. The van der Waals surface area contributed by atoms with E-state index in [9.17, 15) is 4.79 Å². The minimum absolute atomic E-state index is 0.107. The first-order valence-corrected chi connectivity index (χ1v) is 8.26. The molecule has 1 N–H and O–H groups in total. The lowest BCUT2D eigenvalue weighted by molar-refractivity contribution is -0.148. The Labute approximate surface area is 128 Å². The maximum Gasteiger partial charge on any atom is 0.326 e. The van der Waals surface area contributed by atoms with Crippen molar-refractivity contribution in [1.82, 2.24) is 10.2 Å². The Balaban J connectivity index is 1.92. The van der Waals surface area contributed by atoms with Gasteiger partial charge in [0, 0.05) is 19.2 Å². The van der Waals surface area contributed by atoms with Gasteiger partial charge < -0.3 is 19.7 Å². The van der Waals surface area contributed by atoms with Gasteiger partial charge in [0.05, 0.1) is 13.2 Å². The van der Waals surface area contributed by atoms with Crippen LogP contribution in [0.4, 0.5) is 0 Å². The summed E-state index contributed by atoms with van der Waals surface area (Å²) in [5.41, 5.74) is -0.486. The third-order valence-corrected chi connectivity index (χ3v) is 4.92. The quantitative estimate of drug-likeness (QED) is 0.723. The van der Waals surface area contributed by atoms with Crippen LogP contribution in [0.1, 0.15) is 45.4 Å². The number of rotatable bonds is 7. The fraction of sp³-hybridized carbons (Fsp3) is 0.938. The second-order valence-electron chi connectivity index (χ2n) is 6.47. The molecule has 2 aliphatic rings. The van der Waals surface area contributed by atoms with E-state index in [4.69, 9.17) is 9.47 Å². The first kappa shape index (κ1) is 16.7. The van der Waals surface area contributed by atoms with Crippen LogP contribution in [0.2, 0.25) is 0 Å². The molecule has 2 fully saturated rings. The van der Waals surface area contributed by atoms with Gasteiger partial charge >= 0.3 is 5.97 Å². The number of carbonyl (C=O) groups excluding carboxylic acids is 1. The van der Waals surface area contributed by atoms with Crippen molar-refractivity contribution in [1.29, 1.82) is 0 Å². The minimum Gasteiger partial charge on any atom is -0.468 e. The molecule has 0 aromatic carbocycles. The molecule has 21 heavy (non-hydrogen) atoms. The minimum atomic E-state index is -0.486. The Morgan fingerprint density at radius 2 is 2.29 bits per heavy atom. The van der Waals surface area contributed by atoms with E-state index in [0.29, 0.717) is 12.1 Å². The highest BCUT2D eigenvalue weighted by Gasteiger charge is 2.47. The molecule has 1 saturated carbocycles. The summed E-state index contributed by atoms with van der Waals surface area (Å²) in [5, 5.41) is 3.44. The van der Waals surface area contributed by atoms with Crippen molar-refractivity contribution in [3.8, 4) is 0 Å². The van der Waals surface area contributed by atoms with E-state index in [2.05, 4.69) is 24.2 Å². The molecule has 0 spiro atoms. The Kier molecular flexibility index (Phi) is 6.02. The molecule has 2 rings (SSSR count). The summed E-state index contributed by atoms with van der Waals surface area (Å²) >= 11 is 0. The summed E-state index contributed by atoms with van der Waals surface area (Å²) in [5.74, 6) is -0.107. The molecular formula is C16H30N2O3. The molecule has 0 radical (unpaired) electrons. The van der Waals surface area contributed by atoms with Crippen molar-refractivity contribution in [2.45, 2.75) is 63.1 Å². The third kappa shape index (κ3) is 3.96. The van der Waals surface area contributed by atoms with Gasteiger partial charge in [-0.25, -0.2) is 0 Å². The molecule has 5 nitrogen and oxygen atoms in total. The Morgan fingerprint density at radius 3 is 2.90 bits per heavy atom. The molecule has 1 aliphatic carbocycles. The molecule has 0 amide bonds. The summed E-state index contributed by atoms with van der Waals surface area (Å²) in [4.78, 5) is 14.6. The third-order valence-electron chi connectivity index (χ3n) is 4.92. The lowest BCUT2D eigenvalue weighted by Crippen LogP contribution is -2.52. The molecule has 0 bridgehead atoms. The topological polar surface area (TPSA) is 50.8 Å². The molecule has 1 aliphatic heterocycles. The van der Waals surface area contributed by atoms with E-state index < -0.39 is 5.54 Å². The number of nitrogens with one attached hydrogen (secondary N) is 1. The van der Waals surface area contributed by atoms with Crippen LogP contribution in [-0.4, -0.2) is 62.4 Å². The summed E-state index contributed by atoms with van der Waals surface area (Å²) < 4.78 is 10.8. The normalized spacial score (nSPS) is 32.8. The zero-order valence-corrected chi connectivity index (χ0v) is 13.7. The Hall–Kier alpha value is -0.650. The van der Waals surface area contributed by atoms with Gasteiger partial charge in [-0.05, 0) is 52.1 Å². The molecule has 5 heteroatoms. The second-order valence-corrected chi connectivity index (χ2v) is 6.47. The van der Waals surface area contributed by atoms with Gasteiger partial charge in [-0.15, -0.1) is 0 Å². The lowest BCUT2D eigenvalue weighted by Gasteiger charge is -2.30. The first-order valence-electron chi connectivity index (χ1n) is 8.26. The predicted molar refractivity (Wildman–Crippen MR) is 82.3 cm³/mol. The fourth-order valence-corrected chi connectivity index (χ4v) is 3.63. The summed E-state index contributed by atoms with van der Waals surface area (Å²) in [6.07, 6.45) is 6.46. The van der Waals surface area contributed by atoms with E-state index in [1.807, 2.05) is 0 Å². The Morgan fingerprint density at radius 1 is 1.48 bits per heavy atom. The highest BCUT2D eigenvalue weighted by atomic mass is 16.5. The summed E-state index contributed by atoms with van der Waals surface area (Å²) in [7, 11) is 3.64. The SMILES string of the molecule is CCCNC1(C(=O)OC)CCC(N(C)CC2CCCO2)C1. The van der Waals surface area contributed by atoms with Crippen molar-refractivity contribution in [3.63, 3.8) is 0 Å². The highest BCUT2D eigenvalue weighted by molar-refractivity contribution is 5.81. The highest BCUT2D eigenvalue weighted by Crippen LogP contribution is 2.34. The van der Waals surface area contributed by atoms with Gasteiger partial charge in [-0.1, -0.05) is 6.92 Å². The van der Waals surface area contributed by atoms with E-state index >= 15 is 0 Å². The number of carbonyl (C=O) groups is 1. The van der Waals surface area contributed by atoms with Crippen LogP contribution in [0.5, 0.6) is 0 Å². The average molecular weight is 298 g/mol. The molecule has 1 heterocycles. The van der Waals surface area contributed by atoms with Gasteiger partial charge in [0.15, 0.2) is 0 Å². The van der Waals surface area contributed by atoms with E-state index in [1.54, 1.807) is 0 Å². The van der Waals surface area contributed by atoms with Gasteiger partial charge in [0.2, 0.25) is 0 Å². The van der Waals surface area contributed by atoms with Gasteiger partial charge in [0.25, 0.3) is 0 Å². The van der Waals surface area contributed by atoms with Crippen LogP contribution in [0.25, 0.3) is 0 Å². The zero-order valence-electron chi connectivity index (χ0n) is 13.7. The second kappa shape index (κ2) is 7.56. The van der Waals surface area contributed by atoms with Crippen molar-refractivity contribution in [2.75, 3.05) is 33.9 Å². The molecule has 122 valence electrons. The summed E-state index contributed by atoms with van der Waals surface area (Å²) in [6, 6.07) is 0.428. The van der Waals surface area contributed by atoms with Crippen molar-refractivity contribution >= 4 is 5.97 Å². The van der Waals surface area contributed by atoms with Crippen molar-refractivity contribution < 1.29 is 14.3 Å². The number of likely N-dealkylation sites (N-methyl/N-ethyl adjacent to an activating group) is 1. The molecule has 3 unspecified atom stereocenters. The number of hydrogen-bond acceptors (Lipinski definition) is 5. The van der Waals surface area contributed by atoms with Crippen LogP contribution in [0.15, 0.2) is 0 Å². The molecule has 3 atom stereocenters. The van der Waals surface area contributed by atoms with Gasteiger partial charge in [-0.2, -0.15) is 0 Å². The van der Waals surface area contributed by atoms with Crippen LogP contribution in [-0.2, 0) is 14.3 Å². The molecule has 1 saturated heterocycles. The largest absolute Gasteiger partial charge is 0.468 e. The van der Waals surface area contributed by atoms with Crippen LogP contribution in [0.3, 0.4) is 0 Å². The molecule has 0 aromatic rings. The monoisotopic (exact) mass is 298 g/mol. The summed E-state index contributed by atoms with van der Waals surface area (Å²) in [6.45, 7) is 4.84. The number of methoxy groups -OCH3 is 1. The number of hydrogen-bond donors (Lipinski definition) is 1. The van der Waals surface area contributed by atoms with E-state index in [-0.39, 0.29) is 5.97 Å². The molecule has 0 aromatic heterocycles. The average Bonchev–Trinajstić information content (AvgIpc) is 3.14. The molecular weight excluding hydrogens is 268 g/mol. The Bertz CT molecular complexity index is 344. The maximum atomic E-state index is 12.2. The number of esters is 1. The standard InChI is InChI=1S/C16H30N2O3/c1-4-9-17-16(15(19)20-3)8-7-13(11-16)18(2)12-14-6-5-10-21-14/h13-14,17H,4-12H2,1-3H3. The lowest BCUT2D eigenvalue weighted by atomic mass is 9.97. The number of nitrogens with zero attached hydrogens (tertiary/aromatic N) is 1. The smallest absolute Gasteiger partial charge is 0.326 e. The van der Waals surface area contributed by atoms with Gasteiger partial charge in [0.1, 0.15) is 5.54 Å². The number of ether oxygens (including phenoxy) is 2. The zero-order chi connectivity index (χ0) is 15.3. The van der Waals surface area contributed by atoms with Crippen LogP contribution >= 0.6 is 0 Å². The van der Waals surface area contributed by atoms with E-state index in [0.717, 1.165) is 51.8 Å². The first-order chi connectivity index (χ1) is 10.1. The van der Waals surface area contributed by atoms with Crippen LogP contribution < -0.4 is 5.32 Å². The van der Waals surface area contributed by atoms with Crippen LogP contribution in [0, 0.1) is 0 Å². The fourth-order valence-electron chi connectivity index (χ4n) is 3.63. The predicted octanol–water partition coefficient (Wildman–Crippen LogP) is 1.56. The van der Waals surface area contributed by atoms with E-state index in [1.165, 1.54) is 13.5 Å². The van der Waals surface area contributed by atoms with Crippen molar-refractivity contribution in [2.24, 2.45) is 0 Å². The van der Waals surface area contributed by atoms with Gasteiger partial charge in [-0.3, -0.25) is 4.79 Å².